The van der Waals surface area contributed by atoms with Gasteiger partial charge in [0, 0.05) is 12.7 Å². The van der Waals surface area contributed by atoms with Crippen molar-refractivity contribution >= 4 is 6.08 Å². The summed E-state index contributed by atoms with van der Waals surface area (Å²) in [5, 5.41) is 0. The molecule has 0 atom stereocenters. The molecule has 0 aliphatic carbocycles. The van der Waals surface area contributed by atoms with Crippen LogP contribution in [0.3, 0.4) is 0 Å². The summed E-state index contributed by atoms with van der Waals surface area (Å²) < 4.78 is 5.35. The SMILES string of the molecule is C1=CN(Cc2ccco2)Cc2ccccc21. The highest BCUT2D eigenvalue weighted by Crippen LogP contribution is 2.20. The molecule has 0 fully saturated rings. The first-order valence-corrected chi connectivity index (χ1v) is 5.44. The predicted molar refractivity (Wildman–Crippen MR) is 63.4 cm³/mol. The lowest BCUT2D eigenvalue weighted by molar-refractivity contribution is 0.321. The van der Waals surface area contributed by atoms with Gasteiger partial charge in [0.15, 0.2) is 0 Å². The first kappa shape index (κ1) is 9.28. The minimum atomic E-state index is 0.831. The molecule has 0 saturated heterocycles. The highest BCUT2D eigenvalue weighted by atomic mass is 16.3. The number of hydrogen-bond acceptors (Lipinski definition) is 2. The molecule has 0 bridgehead atoms. The molecule has 2 heterocycles. The molecule has 16 heavy (non-hydrogen) atoms. The molecule has 0 spiro atoms. The minimum absolute atomic E-state index is 0.831. The summed E-state index contributed by atoms with van der Waals surface area (Å²) in [4.78, 5) is 2.25. The van der Waals surface area contributed by atoms with Crippen molar-refractivity contribution in [1.29, 1.82) is 0 Å². The highest BCUT2D eigenvalue weighted by Gasteiger charge is 2.10. The fraction of sp³-hybridized carbons (Fsp3) is 0.143. The summed E-state index contributed by atoms with van der Waals surface area (Å²) in [7, 11) is 0. The van der Waals surface area contributed by atoms with Crippen molar-refractivity contribution in [2.45, 2.75) is 13.1 Å². The van der Waals surface area contributed by atoms with E-state index in [1.54, 1.807) is 6.26 Å². The second-order valence-corrected chi connectivity index (χ2v) is 4.00. The van der Waals surface area contributed by atoms with Crippen LogP contribution in [0, 0.1) is 0 Å². The Hall–Kier alpha value is -1.96. The van der Waals surface area contributed by atoms with Crippen LogP contribution in [0.4, 0.5) is 0 Å². The van der Waals surface area contributed by atoms with Gasteiger partial charge in [0.05, 0.1) is 12.8 Å². The second-order valence-electron chi connectivity index (χ2n) is 4.00. The molecule has 1 aromatic carbocycles. The van der Waals surface area contributed by atoms with Crippen LogP contribution in [-0.2, 0) is 13.1 Å². The molecule has 1 aliphatic heterocycles. The van der Waals surface area contributed by atoms with Gasteiger partial charge in [0.1, 0.15) is 5.76 Å². The van der Waals surface area contributed by atoms with E-state index in [9.17, 15) is 0 Å². The Kier molecular flexibility index (Phi) is 2.26. The van der Waals surface area contributed by atoms with E-state index in [1.165, 1.54) is 11.1 Å². The predicted octanol–water partition coefficient (Wildman–Crippen LogP) is 3.27. The van der Waals surface area contributed by atoms with Crippen LogP contribution in [0.15, 0.2) is 53.3 Å². The summed E-state index contributed by atoms with van der Waals surface area (Å²) in [5.74, 6) is 1.00. The van der Waals surface area contributed by atoms with E-state index in [0.717, 1.165) is 18.8 Å². The largest absolute Gasteiger partial charge is 0.467 e. The number of furan rings is 1. The molecule has 2 heteroatoms. The normalized spacial score (nSPS) is 13.9. The van der Waals surface area contributed by atoms with Crippen molar-refractivity contribution < 1.29 is 4.42 Å². The quantitative estimate of drug-likeness (QED) is 0.758. The minimum Gasteiger partial charge on any atom is -0.467 e. The van der Waals surface area contributed by atoms with E-state index in [0.29, 0.717) is 0 Å². The molecule has 2 nitrogen and oxygen atoms in total. The van der Waals surface area contributed by atoms with Crippen LogP contribution in [0.25, 0.3) is 6.08 Å². The Labute approximate surface area is 94.8 Å². The van der Waals surface area contributed by atoms with E-state index in [2.05, 4.69) is 41.4 Å². The number of hydrogen-bond donors (Lipinski definition) is 0. The molecule has 0 N–H and O–H groups in total. The van der Waals surface area contributed by atoms with Gasteiger partial charge >= 0.3 is 0 Å². The molecule has 1 aliphatic rings. The molecule has 1 aromatic heterocycles. The van der Waals surface area contributed by atoms with Crippen molar-refractivity contribution in [1.82, 2.24) is 4.90 Å². The first-order chi connectivity index (χ1) is 7.92. The Bertz CT molecular complexity index is 499. The third-order valence-corrected chi connectivity index (χ3v) is 2.83. The van der Waals surface area contributed by atoms with Crippen LogP contribution in [-0.4, -0.2) is 4.90 Å². The standard InChI is InChI=1S/C14H13NO/c1-2-5-13-10-15(8-7-12(13)4-1)11-14-6-3-9-16-14/h1-9H,10-11H2. The zero-order chi connectivity index (χ0) is 10.8. The lowest BCUT2D eigenvalue weighted by Crippen LogP contribution is -2.19. The Morgan fingerprint density at radius 1 is 1.12 bits per heavy atom. The third-order valence-electron chi connectivity index (χ3n) is 2.83. The molecule has 0 unspecified atom stereocenters. The fourth-order valence-electron chi connectivity index (χ4n) is 2.01. The zero-order valence-electron chi connectivity index (χ0n) is 8.97. The number of fused-ring (bicyclic) bond motifs is 1. The molecule has 0 saturated carbocycles. The maximum Gasteiger partial charge on any atom is 0.123 e. The van der Waals surface area contributed by atoms with E-state index < -0.39 is 0 Å². The topological polar surface area (TPSA) is 16.4 Å². The van der Waals surface area contributed by atoms with E-state index >= 15 is 0 Å². The Balaban J connectivity index is 1.78. The number of benzene rings is 1. The maximum atomic E-state index is 5.35. The van der Waals surface area contributed by atoms with Gasteiger partial charge in [0.25, 0.3) is 0 Å². The average molecular weight is 211 g/mol. The van der Waals surface area contributed by atoms with Crippen LogP contribution in [0.2, 0.25) is 0 Å². The van der Waals surface area contributed by atoms with E-state index in [1.807, 2.05) is 12.1 Å². The van der Waals surface area contributed by atoms with Gasteiger partial charge in [-0.2, -0.15) is 0 Å². The van der Waals surface area contributed by atoms with Crippen LogP contribution < -0.4 is 0 Å². The van der Waals surface area contributed by atoms with Crippen molar-refractivity contribution in [2.75, 3.05) is 0 Å². The van der Waals surface area contributed by atoms with Gasteiger partial charge in [-0.15, -0.1) is 0 Å². The fourth-order valence-corrected chi connectivity index (χ4v) is 2.01. The summed E-state index contributed by atoms with van der Waals surface area (Å²) in [6.07, 6.45) is 6.00. The summed E-state index contributed by atoms with van der Waals surface area (Å²) in [5.41, 5.74) is 2.69. The Morgan fingerprint density at radius 3 is 2.94 bits per heavy atom. The van der Waals surface area contributed by atoms with Crippen LogP contribution in [0.1, 0.15) is 16.9 Å². The first-order valence-electron chi connectivity index (χ1n) is 5.44. The summed E-state index contributed by atoms with van der Waals surface area (Å²) in [6.45, 7) is 1.78. The van der Waals surface area contributed by atoms with E-state index in [-0.39, 0.29) is 0 Å². The van der Waals surface area contributed by atoms with Crippen molar-refractivity contribution in [2.24, 2.45) is 0 Å². The second kappa shape index (κ2) is 3.89. The van der Waals surface area contributed by atoms with Gasteiger partial charge in [-0.25, -0.2) is 0 Å². The molecule has 3 rings (SSSR count). The molecular weight excluding hydrogens is 198 g/mol. The lowest BCUT2D eigenvalue weighted by Gasteiger charge is -2.24. The monoisotopic (exact) mass is 211 g/mol. The maximum absolute atomic E-state index is 5.35. The molecule has 80 valence electrons. The van der Waals surface area contributed by atoms with E-state index in [4.69, 9.17) is 4.42 Å². The zero-order valence-corrected chi connectivity index (χ0v) is 8.97. The van der Waals surface area contributed by atoms with Gasteiger partial charge < -0.3 is 9.32 Å². The molecule has 0 radical (unpaired) electrons. The number of rotatable bonds is 2. The number of nitrogens with zero attached hydrogens (tertiary/aromatic N) is 1. The lowest BCUT2D eigenvalue weighted by atomic mass is 10.0. The molecular formula is C14H13NO. The smallest absolute Gasteiger partial charge is 0.123 e. The van der Waals surface area contributed by atoms with Crippen molar-refractivity contribution in [3.05, 3.63) is 65.7 Å². The van der Waals surface area contributed by atoms with Gasteiger partial charge in [0.2, 0.25) is 0 Å². The third kappa shape index (κ3) is 1.74. The average Bonchev–Trinajstić information content (AvgIpc) is 2.82. The molecule has 0 amide bonds. The summed E-state index contributed by atoms with van der Waals surface area (Å²) >= 11 is 0. The molecule has 2 aromatic rings. The summed E-state index contributed by atoms with van der Waals surface area (Å²) in [6, 6.07) is 12.4. The van der Waals surface area contributed by atoms with Crippen LogP contribution in [0.5, 0.6) is 0 Å². The highest BCUT2D eigenvalue weighted by molar-refractivity contribution is 5.55. The van der Waals surface area contributed by atoms with Gasteiger partial charge in [-0.3, -0.25) is 0 Å². The van der Waals surface area contributed by atoms with Crippen LogP contribution >= 0.6 is 0 Å². The van der Waals surface area contributed by atoms with Crippen molar-refractivity contribution in [3.8, 4) is 0 Å². The van der Waals surface area contributed by atoms with Crippen molar-refractivity contribution in [3.63, 3.8) is 0 Å². The van der Waals surface area contributed by atoms with Gasteiger partial charge in [-0.1, -0.05) is 24.3 Å². The Morgan fingerprint density at radius 2 is 2.06 bits per heavy atom. The van der Waals surface area contributed by atoms with Gasteiger partial charge in [-0.05, 0) is 29.3 Å².